The van der Waals surface area contributed by atoms with E-state index in [1.165, 1.54) is 0 Å². The Morgan fingerprint density at radius 3 is 1.91 bits per heavy atom. The third-order valence-corrected chi connectivity index (χ3v) is 4.79. The largest absolute Gasteiger partial charge is 0.464 e. The summed E-state index contributed by atoms with van der Waals surface area (Å²) in [6.07, 6.45) is 3.28. The minimum Gasteiger partial charge on any atom is -0.464 e. The normalized spacial score (nSPS) is 11.3. The Balaban J connectivity index is 2.14. The Morgan fingerprint density at radius 1 is 0.857 bits per heavy atom. The van der Waals surface area contributed by atoms with Gasteiger partial charge < -0.3 is 18.9 Å². The molecule has 0 saturated carbocycles. The van der Waals surface area contributed by atoms with Crippen molar-refractivity contribution in [2.24, 2.45) is 0 Å². The number of hydrogen-bond acceptors (Lipinski definition) is 8. The molecule has 35 heavy (non-hydrogen) atoms. The molecule has 0 saturated heterocycles. The van der Waals surface area contributed by atoms with Gasteiger partial charge in [0.15, 0.2) is 0 Å². The molecule has 0 atom stereocenters. The molecule has 2 rings (SSSR count). The number of nitrogens with one attached hydrogen (secondary N) is 1. The summed E-state index contributed by atoms with van der Waals surface area (Å²) in [4.78, 5) is 42.4. The number of nitrogens with zero attached hydrogens (tertiary/aromatic N) is 1. The van der Waals surface area contributed by atoms with Gasteiger partial charge in [-0.3, -0.25) is 10.3 Å². The number of benzene rings is 1. The molecule has 9 nitrogen and oxygen atoms in total. The van der Waals surface area contributed by atoms with E-state index in [2.05, 4.69) is 10.3 Å². The van der Waals surface area contributed by atoms with Crippen LogP contribution in [0.1, 0.15) is 53.0 Å². The SMILES string of the molecule is CCOC(=O)C(CCCc1ccc(Oc2ccncc2)cc1)(NC(=O)OC(C)(C)C)C(=O)OCC. The highest BCUT2D eigenvalue weighted by atomic mass is 16.6. The maximum Gasteiger partial charge on any atom is 0.409 e. The molecule has 1 amide bonds. The second-order valence-electron chi connectivity index (χ2n) is 8.76. The van der Waals surface area contributed by atoms with Gasteiger partial charge in [0.05, 0.1) is 13.2 Å². The first-order chi connectivity index (χ1) is 16.6. The third-order valence-electron chi connectivity index (χ3n) is 4.79. The zero-order valence-electron chi connectivity index (χ0n) is 21.0. The van der Waals surface area contributed by atoms with Crippen LogP contribution in [0.5, 0.6) is 11.5 Å². The number of pyridine rings is 1. The van der Waals surface area contributed by atoms with E-state index in [1.807, 2.05) is 24.3 Å². The molecule has 0 fully saturated rings. The highest BCUT2D eigenvalue weighted by molar-refractivity contribution is 6.07. The maximum absolute atomic E-state index is 12.9. The summed E-state index contributed by atoms with van der Waals surface area (Å²) < 4.78 is 21.4. The summed E-state index contributed by atoms with van der Waals surface area (Å²) in [5, 5.41) is 2.44. The van der Waals surface area contributed by atoms with E-state index >= 15 is 0 Å². The van der Waals surface area contributed by atoms with Crippen molar-refractivity contribution in [1.82, 2.24) is 10.3 Å². The van der Waals surface area contributed by atoms with Crippen LogP contribution in [0.3, 0.4) is 0 Å². The van der Waals surface area contributed by atoms with E-state index in [4.69, 9.17) is 18.9 Å². The van der Waals surface area contributed by atoms with Gasteiger partial charge in [-0.1, -0.05) is 12.1 Å². The summed E-state index contributed by atoms with van der Waals surface area (Å²) in [5.74, 6) is -0.427. The second kappa shape index (κ2) is 12.7. The molecule has 1 N–H and O–H groups in total. The smallest absolute Gasteiger partial charge is 0.409 e. The van der Waals surface area contributed by atoms with E-state index in [-0.39, 0.29) is 19.6 Å². The van der Waals surface area contributed by atoms with E-state index in [0.717, 1.165) is 5.56 Å². The lowest BCUT2D eigenvalue weighted by Gasteiger charge is -2.31. The van der Waals surface area contributed by atoms with E-state index in [9.17, 15) is 14.4 Å². The predicted octanol–water partition coefficient (Wildman–Crippen LogP) is 4.59. The molecule has 190 valence electrons. The fraction of sp³-hybridized carbons (Fsp3) is 0.462. The quantitative estimate of drug-likeness (QED) is 0.279. The Hall–Kier alpha value is -3.62. The molecule has 2 aromatic rings. The number of amides is 1. The predicted molar refractivity (Wildman–Crippen MR) is 129 cm³/mol. The topological polar surface area (TPSA) is 113 Å². The number of hydrogen-bond donors (Lipinski definition) is 1. The zero-order valence-corrected chi connectivity index (χ0v) is 21.0. The highest BCUT2D eigenvalue weighted by Gasteiger charge is 2.50. The van der Waals surface area contributed by atoms with E-state index in [1.54, 1.807) is 59.1 Å². The van der Waals surface area contributed by atoms with E-state index in [0.29, 0.717) is 24.3 Å². The number of carbonyl (C=O) groups excluding carboxylic acids is 3. The fourth-order valence-corrected chi connectivity index (χ4v) is 3.26. The fourth-order valence-electron chi connectivity index (χ4n) is 3.26. The standard InChI is InChI=1S/C26H34N2O7/c1-6-32-22(29)26(23(30)33-7-2,28-24(31)35-25(3,4)5)16-8-9-19-10-12-20(13-11-19)34-21-14-17-27-18-15-21/h10-15,17-18H,6-9,16H2,1-5H3,(H,28,31). The first-order valence-electron chi connectivity index (χ1n) is 11.6. The first-order valence-corrected chi connectivity index (χ1v) is 11.6. The highest BCUT2D eigenvalue weighted by Crippen LogP contribution is 2.24. The van der Waals surface area contributed by atoms with Gasteiger partial charge in [0.2, 0.25) is 5.54 Å². The number of rotatable bonds is 11. The van der Waals surface area contributed by atoms with Gasteiger partial charge in [-0.05, 0) is 83.7 Å². The van der Waals surface area contributed by atoms with E-state index < -0.39 is 29.2 Å². The average Bonchev–Trinajstić information content (AvgIpc) is 2.79. The van der Waals surface area contributed by atoms with Crippen molar-refractivity contribution in [3.63, 3.8) is 0 Å². The second-order valence-corrected chi connectivity index (χ2v) is 8.76. The van der Waals surface area contributed by atoms with Crippen molar-refractivity contribution in [2.75, 3.05) is 13.2 Å². The molecule has 0 spiro atoms. The van der Waals surface area contributed by atoms with Crippen LogP contribution in [0.2, 0.25) is 0 Å². The number of aryl methyl sites for hydroxylation is 1. The number of ether oxygens (including phenoxy) is 4. The summed E-state index contributed by atoms with van der Waals surface area (Å²) in [5.41, 5.74) is -1.87. The number of esters is 2. The summed E-state index contributed by atoms with van der Waals surface area (Å²) in [7, 11) is 0. The van der Waals surface area contributed by atoms with Gasteiger partial charge in [-0.15, -0.1) is 0 Å². The number of aromatic nitrogens is 1. The minimum absolute atomic E-state index is 0.0286. The molecule has 0 unspecified atom stereocenters. The number of alkyl carbamates (subject to hydrolysis) is 1. The molecular formula is C26H34N2O7. The van der Waals surface area contributed by atoms with Gasteiger partial charge in [0.1, 0.15) is 17.1 Å². The lowest BCUT2D eigenvalue weighted by molar-refractivity contribution is -0.166. The molecule has 0 aliphatic heterocycles. The lowest BCUT2D eigenvalue weighted by Crippen LogP contribution is -2.62. The van der Waals surface area contributed by atoms with Crippen molar-refractivity contribution < 1.29 is 33.3 Å². The van der Waals surface area contributed by atoms with Crippen LogP contribution >= 0.6 is 0 Å². The third kappa shape index (κ3) is 8.59. The van der Waals surface area contributed by atoms with Crippen molar-refractivity contribution in [3.8, 4) is 11.5 Å². The Kier molecular flexibility index (Phi) is 10.1. The van der Waals surface area contributed by atoms with Gasteiger partial charge in [0.25, 0.3) is 0 Å². The number of carbonyl (C=O) groups is 3. The summed E-state index contributed by atoms with van der Waals surface area (Å²) >= 11 is 0. The van der Waals surface area contributed by atoms with Crippen LogP contribution in [-0.4, -0.2) is 47.4 Å². The van der Waals surface area contributed by atoms with Crippen molar-refractivity contribution >= 4 is 18.0 Å². The average molecular weight is 487 g/mol. The molecule has 0 aliphatic carbocycles. The molecule has 9 heteroatoms. The zero-order chi connectivity index (χ0) is 25.9. The van der Waals surface area contributed by atoms with Crippen LogP contribution in [0.15, 0.2) is 48.8 Å². The minimum atomic E-state index is -2.02. The molecule has 1 aromatic carbocycles. The summed E-state index contributed by atoms with van der Waals surface area (Å²) in [6.45, 7) is 8.37. The van der Waals surface area contributed by atoms with Gasteiger partial charge in [-0.25, -0.2) is 14.4 Å². The van der Waals surface area contributed by atoms with Crippen molar-refractivity contribution in [3.05, 3.63) is 54.4 Å². The Morgan fingerprint density at radius 2 is 1.40 bits per heavy atom. The van der Waals surface area contributed by atoms with Gasteiger partial charge >= 0.3 is 18.0 Å². The molecule has 1 aromatic heterocycles. The Bertz CT molecular complexity index is 951. The molecule has 1 heterocycles. The van der Waals surface area contributed by atoms with Crippen molar-refractivity contribution in [1.29, 1.82) is 0 Å². The van der Waals surface area contributed by atoms with Gasteiger partial charge in [0, 0.05) is 12.4 Å². The van der Waals surface area contributed by atoms with Crippen LogP contribution in [0.25, 0.3) is 0 Å². The monoisotopic (exact) mass is 486 g/mol. The molecule has 0 radical (unpaired) electrons. The molecule has 0 aliphatic rings. The Labute approximate surface area is 206 Å². The first kappa shape index (κ1) is 27.6. The maximum atomic E-state index is 12.9. The summed E-state index contributed by atoms with van der Waals surface area (Å²) in [6, 6.07) is 11.0. The van der Waals surface area contributed by atoms with Gasteiger partial charge in [-0.2, -0.15) is 0 Å². The lowest BCUT2D eigenvalue weighted by atomic mass is 9.91. The molecular weight excluding hydrogens is 452 g/mol. The van der Waals surface area contributed by atoms with Crippen LogP contribution in [0.4, 0.5) is 4.79 Å². The van der Waals surface area contributed by atoms with Crippen molar-refractivity contribution in [2.45, 2.75) is 65.0 Å². The van der Waals surface area contributed by atoms with Crippen LogP contribution < -0.4 is 10.1 Å². The molecule has 0 bridgehead atoms. The van der Waals surface area contributed by atoms with Crippen LogP contribution in [-0.2, 0) is 30.2 Å². The van der Waals surface area contributed by atoms with Crippen LogP contribution in [0, 0.1) is 0 Å².